The molecule has 31 heavy (non-hydrogen) atoms. The first kappa shape index (κ1) is 21.4. The Balaban J connectivity index is 1.32. The normalized spacial score (nSPS) is 17.9. The minimum atomic E-state index is -4.50. The van der Waals surface area contributed by atoms with Gasteiger partial charge < -0.3 is 9.80 Å². The van der Waals surface area contributed by atoms with Crippen molar-refractivity contribution in [1.82, 2.24) is 19.6 Å². The van der Waals surface area contributed by atoms with E-state index in [9.17, 15) is 22.8 Å². The van der Waals surface area contributed by atoms with Gasteiger partial charge in [-0.3, -0.25) is 9.59 Å². The Kier molecular flexibility index (Phi) is 6.02. The van der Waals surface area contributed by atoms with Crippen molar-refractivity contribution in [3.63, 3.8) is 0 Å². The number of nitrogens with zero attached hydrogens (tertiary/aromatic N) is 4. The fraction of sp³-hybridized carbons (Fsp3) is 0.500. The first-order valence-electron chi connectivity index (χ1n) is 10.6. The molecule has 6 nitrogen and oxygen atoms in total. The summed E-state index contributed by atoms with van der Waals surface area (Å²) in [4.78, 5) is 28.8. The van der Waals surface area contributed by atoms with Crippen LogP contribution in [0.5, 0.6) is 0 Å². The molecule has 0 radical (unpaired) electrons. The maximum Gasteiger partial charge on any atom is 0.435 e. The molecule has 2 heterocycles. The van der Waals surface area contributed by atoms with Gasteiger partial charge in [-0.2, -0.15) is 18.3 Å². The van der Waals surface area contributed by atoms with Crippen molar-refractivity contribution in [2.75, 3.05) is 26.2 Å². The highest BCUT2D eigenvalue weighted by Gasteiger charge is 2.33. The molecule has 1 aliphatic carbocycles. The predicted octanol–water partition coefficient (Wildman–Crippen LogP) is 3.76. The lowest BCUT2D eigenvalue weighted by Gasteiger charge is -2.35. The molecule has 0 unspecified atom stereocenters. The molecule has 0 bridgehead atoms. The van der Waals surface area contributed by atoms with Gasteiger partial charge >= 0.3 is 6.18 Å². The Hall–Kier alpha value is -2.84. The van der Waals surface area contributed by atoms with Crippen LogP contribution in [-0.2, 0) is 11.0 Å². The lowest BCUT2D eigenvalue weighted by Crippen LogP contribution is -2.50. The summed E-state index contributed by atoms with van der Waals surface area (Å²) in [5, 5.41) is 3.54. The van der Waals surface area contributed by atoms with E-state index >= 15 is 0 Å². The Bertz CT molecular complexity index is 925. The van der Waals surface area contributed by atoms with Gasteiger partial charge in [-0.25, -0.2) is 4.68 Å². The third-order valence-electron chi connectivity index (χ3n) is 6.12. The number of rotatable bonds is 4. The maximum atomic E-state index is 12.8. The highest BCUT2D eigenvalue weighted by Crippen LogP contribution is 2.29. The fourth-order valence-electron chi connectivity index (χ4n) is 4.31. The van der Waals surface area contributed by atoms with Gasteiger partial charge in [0.15, 0.2) is 5.69 Å². The van der Waals surface area contributed by atoms with Crippen LogP contribution in [0.4, 0.5) is 13.2 Å². The Labute approximate surface area is 178 Å². The van der Waals surface area contributed by atoms with Crippen LogP contribution >= 0.6 is 0 Å². The minimum Gasteiger partial charge on any atom is -0.339 e. The van der Waals surface area contributed by atoms with E-state index in [1.54, 1.807) is 29.2 Å². The van der Waals surface area contributed by atoms with Crippen LogP contribution in [0.25, 0.3) is 5.69 Å². The summed E-state index contributed by atoms with van der Waals surface area (Å²) in [6.45, 7) is 2.02. The van der Waals surface area contributed by atoms with Gasteiger partial charge in [0, 0.05) is 44.4 Å². The summed E-state index contributed by atoms with van der Waals surface area (Å²) in [5.74, 6) is 0.541. The number of benzene rings is 1. The SMILES string of the molecule is O=C(CC1CCCC1)N1CCN(C(=O)c2ccc(-n3ccc(C(F)(F)F)n3)cc2)CC1. The third kappa shape index (κ3) is 4.91. The number of alkyl halides is 3. The summed E-state index contributed by atoms with van der Waals surface area (Å²) >= 11 is 0. The Morgan fingerprint density at radius 1 is 0.935 bits per heavy atom. The number of amides is 2. The Morgan fingerprint density at radius 2 is 1.55 bits per heavy atom. The minimum absolute atomic E-state index is 0.147. The van der Waals surface area contributed by atoms with Crippen molar-refractivity contribution in [3.05, 3.63) is 47.8 Å². The number of piperazine rings is 1. The van der Waals surface area contributed by atoms with E-state index in [4.69, 9.17) is 0 Å². The molecule has 9 heteroatoms. The van der Waals surface area contributed by atoms with E-state index in [0.29, 0.717) is 49.8 Å². The van der Waals surface area contributed by atoms with Crippen LogP contribution in [0.15, 0.2) is 36.5 Å². The first-order chi connectivity index (χ1) is 14.8. The summed E-state index contributed by atoms with van der Waals surface area (Å²) < 4.78 is 39.3. The van der Waals surface area contributed by atoms with E-state index in [1.807, 2.05) is 4.90 Å². The molecule has 1 aromatic heterocycles. The number of carbonyl (C=O) groups is 2. The molecule has 0 atom stereocenters. The van der Waals surface area contributed by atoms with E-state index in [2.05, 4.69) is 5.10 Å². The molecule has 0 N–H and O–H groups in total. The fourth-order valence-corrected chi connectivity index (χ4v) is 4.31. The molecule has 2 aliphatic rings. The van der Waals surface area contributed by atoms with Crippen LogP contribution in [0.1, 0.15) is 48.2 Å². The summed E-state index contributed by atoms with van der Waals surface area (Å²) in [6.07, 6.45) is 2.04. The quantitative estimate of drug-likeness (QED) is 0.737. The van der Waals surface area contributed by atoms with Gasteiger partial charge in [0.1, 0.15) is 0 Å². The molecule has 1 saturated heterocycles. The number of halogens is 3. The van der Waals surface area contributed by atoms with Crippen molar-refractivity contribution in [2.45, 2.75) is 38.3 Å². The molecule has 2 aromatic rings. The smallest absolute Gasteiger partial charge is 0.339 e. The van der Waals surface area contributed by atoms with Crippen LogP contribution in [0, 0.1) is 5.92 Å². The Morgan fingerprint density at radius 3 is 2.13 bits per heavy atom. The molecule has 0 spiro atoms. The average molecular weight is 434 g/mol. The van der Waals surface area contributed by atoms with Crippen LogP contribution < -0.4 is 0 Å². The van der Waals surface area contributed by atoms with Gasteiger partial charge in [-0.05, 0) is 49.1 Å². The number of carbonyl (C=O) groups excluding carboxylic acids is 2. The molecule has 4 rings (SSSR count). The van der Waals surface area contributed by atoms with Gasteiger partial charge in [-0.15, -0.1) is 0 Å². The maximum absolute atomic E-state index is 12.8. The first-order valence-corrected chi connectivity index (χ1v) is 10.6. The standard InChI is InChI=1S/C22H25F3N4O2/c23-22(24,25)19-9-10-29(26-19)18-7-5-17(6-8-18)21(31)28-13-11-27(12-14-28)20(30)15-16-3-1-2-4-16/h5-10,16H,1-4,11-15H2. The summed E-state index contributed by atoms with van der Waals surface area (Å²) in [6, 6.07) is 7.23. The molecule has 1 aromatic carbocycles. The molecular weight excluding hydrogens is 409 g/mol. The van der Waals surface area contributed by atoms with Crippen molar-refractivity contribution in [1.29, 1.82) is 0 Å². The zero-order chi connectivity index (χ0) is 22.0. The van der Waals surface area contributed by atoms with Crippen molar-refractivity contribution >= 4 is 11.8 Å². The molecule has 1 saturated carbocycles. The lowest BCUT2D eigenvalue weighted by atomic mass is 10.0. The second-order valence-electron chi connectivity index (χ2n) is 8.22. The average Bonchev–Trinajstić information content (AvgIpc) is 3.45. The monoisotopic (exact) mass is 434 g/mol. The molecule has 2 amide bonds. The summed E-state index contributed by atoms with van der Waals surface area (Å²) in [5.41, 5.74) is -0.0694. The van der Waals surface area contributed by atoms with Crippen molar-refractivity contribution in [3.8, 4) is 5.69 Å². The molecular formula is C22H25F3N4O2. The molecule has 1 aliphatic heterocycles. The van der Waals surface area contributed by atoms with E-state index < -0.39 is 11.9 Å². The zero-order valence-electron chi connectivity index (χ0n) is 17.1. The summed E-state index contributed by atoms with van der Waals surface area (Å²) in [7, 11) is 0. The highest BCUT2D eigenvalue weighted by molar-refractivity contribution is 5.94. The number of aromatic nitrogens is 2. The van der Waals surface area contributed by atoms with Gasteiger partial charge in [0.05, 0.1) is 5.69 Å². The molecule has 166 valence electrons. The van der Waals surface area contributed by atoms with Crippen LogP contribution in [0.3, 0.4) is 0 Å². The van der Waals surface area contributed by atoms with Gasteiger partial charge in [0.25, 0.3) is 5.91 Å². The van der Waals surface area contributed by atoms with E-state index in [-0.39, 0.29) is 11.8 Å². The van der Waals surface area contributed by atoms with Crippen molar-refractivity contribution < 1.29 is 22.8 Å². The highest BCUT2D eigenvalue weighted by atomic mass is 19.4. The second-order valence-corrected chi connectivity index (χ2v) is 8.22. The lowest BCUT2D eigenvalue weighted by molar-refractivity contribution is -0.141. The second kappa shape index (κ2) is 8.72. The van der Waals surface area contributed by atoms with Crippen LogP contribution in [-0.4, -0.2) is 57.6 Å². The number of hydrogen-bond donors (Lipinski definition) is 0. The largest absolute Gasteiger partial charge is 0.435 e. The van der Waals surface area contributed by atoms with Crippen molar-refractivity contribution in [2.24, 2.45) is 5.92 Å². The van der Waals surface area contributed by atoms with Gasteiger partial charge in [0.2, 0.25) is 5.91 Å². The number of hydrogen-bond acceptors (Lipinski definition) is 3. The predicted molar refractivity (Wildman–Crippen MR) is 108 cm³/mol. The van der Waals surface area contributed by atoms with E-state index in [1.165, 1.54) is 19.0 Å². The van der Waals surface area contributed by atoms with Crippen LogP contribution in [0.2, 0.25) is 0 Å². The van der Waals surface area contributed by atoms with Gasteiger partial charge in [-0.1, -0.05) is 12.8 Å². The molecule has 2 fully saturated rings. The third-order valence-corrected chi connectivity index (χ3v) is 6.12. The zero-order valence-corrected chi connectivity index (χ0v) is 17.1. The topological polar surface area (TPSA) is 58.4 Å². The van der Waals surface area contributed by atoms with E-state index in [0.717, 1.165) is 23.6 Å².